The topological polar surface area (TPSA) is 76.7 Å². The van der Waals surface area contributed by atoms with Crippen LogP contribution >= 0.6 is 11.6 Å². The van der Waals surface area contributed by atoms with Crippen LogP contribution in [0.2, 0.25) is 5.02 Å². The fourth-order valence-electron chi connectivity index (χ4n) is 2.56. The van der Waals surface area contributed by atoms with E-state index >= 15 is 0 Å². The quantitative estimate of drug-likeness (QED) is 0.551. The van der Waals surface area contributed by atoms with Crippen LogP contribution in [0.4, 0.5) is 5.69 Å². The molecule has 0 aliphatic heterocycles. The van der Waals surface area contributed by atoms with Crippen LogP contribution in [0.25, 0.3) is 0 Å². The molecule has 0 saturated carbocycles. The fraction of sp³-hybridized carbons (Fsp3) is 0.130. The van der Waals surface area contributed by atoms with E-state index in [1.807, 2.05) is 36.4 Å². The molecule has 7 heteroatoms. The number of benzene rings is 3. The third kappa shape index (κ3) is 6.25. The highest BCUT2D eigenvalue weighted by molar-refractivity contribution is 6.31. The Kier molecular flexibility index (Phi) is 7.29. The van der Waals surface area contributed by atoms with Crippen molar-refractivity contribution in [3.8, 4) is 17.2 Å². The minimum atomic E-state index is -0.791. The second kappa shape index (κ2) is 10.3. The number of carbonyl (C=O) groups is 2. The summed E-state index contributed by atoms with van der Waals surface area (Å²) in [7, 11) is 0. The van der Waals surface area contributed by atoms with E-state index in [0.717, 1.165) is 0 Å². The number of carbonyl (C=O) groups excluding carboxylic acids is 2. The Hall–Kier alpha value is -3.51. The standard InChI is InChI=1S/C23H21ClN2O4/c1-16(25-22(27)15-29-18-8-4-2-5-9-18)23(28)26-20-14-17(24)12-13-21(20)30-19-10-6-3-7-11-19/h2-14,16H,15H2,1H3,(H,25,27)(H,26,28). The van der Waals surface area contributed by atoms with Gasteiger partial charge >= 0.3 is 0 Å². The molecule has 154 valence electrons. The summed E-state index contributed by atoms with van der Waals surface area (Å²) in [6.45, 7) is 1.39. The number of anilines is 1. The van der Waals surface area contributed by atoms with Crippen molar-refractivity contribution in [3.05, 3.63) is 83.9 Å². The first-order valence-electron chi connectivity index (χ1n) is 9.32. The number of ether oxygens (including phenoxy) is 2. The SMILES string of the molecule is CC(NC(=O)COc1ccccc1)C(=O)Nc1cc(Cl)ccc1Oc1ccccc1. The zero-order valence-corrected chi connectivity index (χ0v) is 17.1. The van der Waals surface area contributed by atoms with Gasteiger partial charge in [-0.1, -0.05) is 48.0 Å². The molecule has 0 radical (unpaired) electrons. The van der Waals surface area contributed by atoms with E-state index in [1.54, 1.807) is 49.4 Å². The molecule has 6 nitrogen and oxygen atoms in total. The van der Waals surface area contributed by atoms with Gasteiger partial charge in [0.1, 0.15) is 17.5 Å². The molecule has 0 bridgehead atoms. The Labute approximate surface area is 179 Å². The van der Waals surface area contributed by atoms with Gasteiger partial charge in [0.05, 0.1) is 5.69 Å². The summed E-state index contributed by atoms with van der Waals surface area (Å²) in [6, 6.07) is 22.3. The monoisotopic (exact) mass is 424 g/mol. The summed E-state index contributed by atoms with van der Waals surface area (Å²) in [5, 5.41) is 5.79. The van der Waals surface area contributed by atoms with Gasteiger partial charge in [0, 0.05) is 5.02 Å². The van der Waals surface area contributed by atoms with Crippen LogP contribution in [-0.2, 0) is 9.59 Å². The predicted molar refractivity (Wildman–Crippen MR) is 116 cm³/mol. The van der Waals surface area contributed by atoms with Crippen LogP contribution in [-0.4, -0.2) is 24.5 Å². The highest BCUT2D eigenvalue weighted by atomic mass is 35.5. The zero-order valence-electron chi connectivity index (χ0n) is 16.3. The molecule has 2 amide bonds. The molecule has 0 aromatic heterocycles. The van der Waals surface area contributed by atoms with Crippen molar-refractivity contribution in [1.29, 1.82) is 0 Å². The summed E-state index contributed by atoms with van der Waals surface area (Å²) in [5.74, 6) is 0.808. The van der Waals surface area contributed by atoms with Gasteiger partial charge in [-0.3, -0.25) is 9.59 Å². The molecule has 2 N–H and O–H groups in total. The summed E-state index contributed by atoms with van der Waals surface area (Å²) in [4.78, 5) is 24.7. The van der Waals surface area contributed by atoms with Crippen LogP contribution in [0, 0.1) is 0 Å². The first-order chi connectivity index (χ1) is 14.5. The van der Waals surface area contributed by atoms with Gasteiger partial charge in [-0.25, -0.2) is 0 Å². The number of rotatable bonds is 8. The molecule has 0 spiro atoms. The molecule has 3 rings (SSSR count). The van der Waals surface area contributed by atoms with Crippen molar-refractivity contribution in [2.75, 3.05) is 11.9 Å². The van der Waals surface area contributed by atoms with Crippen molar-refractivity contribution in [2.45, 2.75) is 13.0 Å². The summed E-state index contributed by atoms with van der Waals surface area (Å²) in [5.41, 5.74) is 0.401. The molecule has 0 saturated heterocycles. The largest absolute Gasteiger partial charge is 0.484 e. The van der Waals surface area contributed by atoms with E-state index in [1.165, 1.54) is 0 Å². The number of para-hydroxylation sites is 2. The lowest BCUT2D eigenvalue weighted by molar-refractivity contribution is -0.127. The van der Waals surface area contributed by atoms with Crippen LogP contribution in [0.1, 0.15) is 6.92 Å². The van der Waals surface area contributed by atoms with Crippen molar-refractivity contribution >= 4 is 29.1 Å². The van der Waals surface area contributed by atoms with E-state index in [2.05, 4.69) is 10.6 Å². The molecule has 0 heterocycles. The molecule has 3 aromatic rings. The highest BCUT2D eigenvalue weighted by Gasteiger charge is 2.18. The minimum Gasteiger partial charge on any atom is -0.484 e. The molecule has 0 aliphatic rings. The normalized spacial score (nSPS) is 11.3. The van der Waals surface area contributed by atoms with Gasteiger partial charge in [0.15, 0.2) is 12.4 Å². The van der Waals surface area contributed by atoms with Gasteiger partial charge in [-0.05, 0) is 49.4 Å². The Bertz CT molecular complexity index is 997. The Morgan fingerprint density at radius 2 is 1.57 bits per heavy atom. The molecule has 1 atom stereocenters. The average Bonchev–Trinajstić information content (AvgIpc) is 2.75. The predicted octanol–water partition coefficient (Wildman–Crippen LogP) is 4.65. The summed E-state index contributed by atoms with van der Waals surface area (Å²) in [6.07, 6.45) is 0. The molecular formula is C23H21ClN2O4. The van der Waals surface area contributed by atoms with E-state index in [9.17, 15) is 9.59 Å². The third-order valence-electron chi connectivity index (χ3n) is 4.05. The van der Waals surface area contributed by atoms with Crippen molar-refractivity contribution in [2.24, 2.45) is 0 Å². The second-order valence-electron chi connectivity index (χ2n) is 6.44. The van der Waals surface area contributed by atoms with Crippen molar-refractivity contribution < 1.29 is 19.1 Å². The average molecular weight is 425 g/mol. The van der Waals surface area contributed by atoms with Gasteiger partial charge < -0.3 is 20.1 Å². The van der Waals surface area contributed by atoms with E-state index < -0.39 is 17.9 Å². The molecule has 0 fully saturated rings. The zero-order chi connectivity index (χ0) is 21.3. The smallest absolute Gasteiger partial charge is 0.258 e. The fourth-order valence-corrected chi connectivity index (χ4v) is 2.73. The molecule has 0 aliphatic carbocycles. The number of hydrogen-bond acceptors (Lipinski definition) is 4. The van der Waals surface area contributed by atoms with Crippen molar-refractivity contribution in [1.82, 2.24) is 5.32 Å². The molecule has 30 heavy (non-hydrogen) atoms. The Balaban J connectivity index is 1.59. The Morgan fingerprint density at radius 1 is 0.933 bits per heavy atom. The van der Waals surface area contributed by atoms with Gasteiger partial charge in [-0.2, -0.15) is 0 Å². The first-order valence-corrected chi connectivity index (χ1v) is 9.69. The van der Waals surface area contributed by atoms with Crippen LogP contribution in [0.15, 0.2) is 78.9 Å². The van der Waals surface area contributed by atoms with Crippen LogP contribution in [0.3, 0.4) is 0 Å². The second-order valence-corrected chi connectivity index (χ2v) is 6.87. The van der Waals surface area contributed by atoms with Crippen LogP contribution in [0.5, 0.6) is 17.2 Å². The summed E-state index contributed by atoms with van der Waals surface area (Å²) >= 11 is 6.07. The number of amides is 2. The third-order valence-corrected chi connectivity index (χ3v) is 4.29. The van der Waals surface area contributed by atoms with E-state index in [0.29, 0.717) is 28.0 Å². The lowest BCUT2D eigenvalue weighted by Gasteiger charge is -2.17. The maximum absolute atomic E-state index is 12.6. The maximum atomic E-state index is 12.6. The molecule has 1 unspecified atom stereocenters. The minimum absolute atomic E-state index is 0.193. The lowest BCUT2D eigenvalue weighted by Crippen LogP contribution is -2.43. The number of halogens is 1. The van der Waals surface area contributed by atoms with E-state index in [4.69, 9.17) is 21.1 Å². The summed E-state index contributed by atoms with van der Waals surface area (Å²) < 4.78 is 11.2. The first kappa shape index (κ1) is 21.2. The van der Waals surface area contributed by atoms with E-state index in [-0.39, 0.29) is 6.61 Å². The van der Waals surface area contributed by atoms with Gasteiger partial charge in [0.2, 0.25) is 5.91 Å². The van der Waals surface area contributed by atoms with Crippen LogP contribution < -0.4 is 20.1 Å². The number of hydrogen-bond donors (Lipinski definition) is 2. The van der Waals surface area contributed by atoms with Crippen molar-refractivity contribution in [3.63, 3.8) is 0 Å². The highest BCUT2D eigenvalue weighted by Crippen LogP contribution is 2.32. The van der Waals surface area contributed by atoms with Gasteiger partial charge in [0.25, 0.3) is 5.91 Å². The Morgan fingerprint density at radius 3 is 2.23 bits per heavy atom. The molecule has 3 aromatic carbocycles. The lowest BCUT2D eigenvalue weighted by atomic mass is 10.2. The molecular weight excluding hydrogens is 404 g/mol. The number of nitrogens with one attached hydrogen (secondary N) is 2. The van der Waals surface area contributed by atoms with Gasteiger partial charge in [-0.15, -0.1) is 0 Å². The maximum Gasteiger partial charge on any atom is 0.258 e.